The molecule has 136 valence electrons. The van der Waals surface area contributed by atoms with E-state index in [1.807, 2.05) is 42.5 Å². The number of rotatable bonds is 7. The highest BCUT2D eigenvalue weighted by Crippen LogP contribution is 2.32. The second-order valence-electron chi connectivity index (χ2n) is 5.70. The van der Waals surface area contributed by atoms with Gasteiger partial charge < -0.3 is 19.5 Å². The molecular weight excluding hydrogens is 348 g/mol. The summed E-state index contributed by atoms with van der Waals surface area (Å²) < 4.78 is 15.8. The van der Waals surface area contributed by atoms with E-state index in [9.17, 15) is 0 Å². The van der Waals surface area contributed by atoms with Crippen molar-refractivity contribution in [3.8, 4) is 28.5 Å². The van der Waals surface area contributed by atoms with E-state index in [4.69, 9.17) is 19.2 Å². The molecule has 0 aliphatic rings. The smallest absolute Gasteiger partial charge is 0.183 e. The molecule has 0 bridgehead atoms. The summed E-state index contributed by atoms with van der Waals surface area (Å²) in [5.74, 6) is 2.29. The van der Waals surface area contributed by atoms with Crippen LogP contribution in [0.15, 0.2) is 42.5 Å². The summed E-state index contributed by atoms with van der Waals surface area (Å²) in [6, 6.07) is 13.8. The van der Waals surface area contributed by atoms with Gasteiger partial charge in [-0.05, 0) is 48.9 Å². The van der Waals surface area contributed by atoms with Crippen molar-refractivity contribution in [2.45, 2.75) is 13.5 Å². The average Bonchev–Trinajstić information content (AvgIpc) is 3.06. The maximum Gasteiger partial charge on any atom is 0.183 e. The van der Waals surface area contributed by atoms with E-state index < -0.39 is 0 Å². The lowest BCUT2D eigenvalue weighted by Crippen LogP contribution is -2.00. The van der Waals surface area contributed by atoms with E-state index in [2.05, 4.69) is 12.2 Å². The topological polar surface area (TPSA) is 52.6 Å². The number of aryl methyl sites for hydroxylation is 1. The Balaban J connectivity index is 1.73. The first-order chi connectivity index (χ1) is 12.6. The van der Waals surface area contributed by atoms with Crippen LogP contribution in [0.2, 0.25) is 0 Å². The van der Waals surface area contributed by atoms with Crippen LogP contribution >= 0.6 is 11.3 Å². The second kappa shape index (κ2) is 8.10. The number of methoxy groups -OCH3 is 3. The van der Waals surface area contributed by atoms with Crippen LogP contribution in [0.3, 0.4) is 0 Å². The predicted octanol–water partition coefficient (Wildman–Crippen LogP) is 4.76. The van der Waals surface area contributed by atoms with Crippen molar-refractivity contribution in [2.24, 2.45) is 0 Å². The second-order valence-corrected chi connectivity index (χ2v) is 6.90. The zero-order chi connectivity index (χ0) is 18.5. The third-order valence-corrected chi connectivity index (χ3v) is 4.98. The third kappa shape index (κ3) is 3.91. The van der Waals surface area contributed by atoms with Crippen molar-refractivity contribution in [1.82, 2.24) is 4.98 Å². The van der Waals surface area contributed by atoms with Crippen LogP contribution in [0.4, 0.5) is 5.13 Å². The fraction of sp³-hybridized carbons (Fsp3) is 0.250. The highest BCUT2D eigenvalue weighted by Gasteiger charge is 2.11. The first kappa shape index (κ1) is 18.1. The molecule has 1 heterocycles. The van der Waals surface area contributed by atoms with Crippen LogP contribution in [0.5, 0.6) is 17.2 Å². The molecule has 0 unspecified atom stereocenters. The monoisotopic (exact) mass is 370 g/mol. The fourth-order valence-electron chi connectivity index (χ4n) is 2.66. The van der Waals surface area contributed by atoms with Crippen LogP contribution in [-0.4, -0.2) is 26.3 Å². The van der Waals surface area contributed by atoms with Gasteiger partial charge in [0.2, 0.25) is 0 Å². The molecule has 0 spiro atoms. The summed E-state index contributed by atoms with van der Waals surface area (Å²) in [5.41, 5.74) is 3.17. The van der Waals surface area contributed by atoms with Crippen LogP contribution in [-0.2, 0) is 6.54 Å². The van der Waals surface area contributed by atoms with Crippen molar-refractivity contribution in [3.05, 3.63) is 52.9 Å². The number of nitrogens with one attached hydrogen (secondary N) is 1. The lowest BCUT2D eigenvalue weighted by molar-refractivity contribution is 0.354. The Morgan fingerprint density at radius 1 is 0.923 bits per heavy atom. The van der Waals surface area contributed by atoms with Crippen LogP contribution in [0, 0.1) is 6.92 Å². The minimum absolute atomic E-state index is 0.662. The molecule has 1 N–H and O–H groups in total. The average molecular weight is 370 g/mol. The number of thiazole rings is 1. The van der Waals surface area contributed by atoms with E-state index in [0.29, 0.717) is 6.54 Å². The van der Waals surface area contributed by atoms with E-state index in [1.54, 1.807) is 32.7 Å². The lowest BCUT2D eigenvalue weighted by atomic mass is 10.1. The molecule has 0 atom stereocenters. The summed E-state index contributed by atoms with van der Waals surface area (Å²) in [5, 5.41) is 4.28. The van der Waals surface area contributed by atoms with Crippen molar-refractivity contribution < 1.29 is 14.2 Å². The van der Waals surface area contributed by atoms with Crippen molar-refractivity contribution in [1.29, 1.82) is 0 Å². The zero-order valence-corrected chi connectivity index (χ0v) is 16.1. The number of anilines is 1. The van der Waals surface area contributed by atoms with Gasteiger partial charge in [0.15, 0.2) is 16.6 Å². The number of hydrogen-bond donors (Lipinski definition) is 1. The summed E-state index contributed by atoms with van der Waals surface area (Å²) >= 11 is 1.65. The van der Waals surface area contributed by atoms with Crippen molar-refractivity contribution >= 4 is 16.5 Å². The molecule has 3 rings (SSSR count). The van der Waals surface area contributed by atoms with E-state index in [-0.39, 0.29) is 0 Å². The van der Waals surface area contributed by atoms with Gasteiger partial charge in [0, 0.05) is 17.0 Å². The van der Waals surface area contributed by atoms with Crippen LogP contribution in [0.25, 0.3) is 11.3 Å². The fourth-order valence-corrected chi connectivity index (χ4v) is 3.49. The molecule has 3 aromatic rings. The van der Waals surface area contributed by atoms with Gasteiger partial charge in [-0.15, -0.1) is 11.3 Å². The summed E-state index contributed by atoms with van der Waals surface area (Å²) in [4.78, 5) is 5.91. The minimum Gasteiger partial charge on any atom is -0.497 e. The standard InChI is InChI=1S/C20H22N2O3S/c1-13-19(15-6-8-16(23-2)9-7-15)22-20(26-13)21-12-14-5-10-17(24-3)18(11-14)25-4/h5-11H,12H2,1-4H3,(H,21,22). The quantitative estimate of drug-likeness (QED) is 0.650. The molecule has 5 nitrogen and oxygen atoms in total. The Kier molecular flexibility index (Phi) is 5.63. The van der Waals surface area contributed by atoms with Crippen LogP contribution < -0.4 is 19.5 Å². The maximum absolute atomic E-state index is 5.35. The zero-order valence-electron chi connectivity index (χ0n) is 15.3. The Morgan fingerprint density at radius 2 is 1.65 bits per heavy atom. The molecule has 2 aromatic carbocycles. The molecule has 0 saturated heterocycles. The SMILES string of the molecule is COc1ccc(-c2nc(NCc3ccc(OC)c(OC)c3)sc2C)cc1. The molecule has 0 saturated carbocycles. The van der Waals surface area contributed by atoms with E-state index >= 15 is 0 Å². The van der Waals surface area contributed by atoms with Gasteiger partial charge >= 0.3 is 0 Å². The minimum atomic E-state index is 0.662. The number of hydrogen-bond acceptors (Lipinski definition) is 6. The maximum atomic E-state index is 5.35. The largest absolute Gasteiger partial charge is 0.497 e. The normalized spacial score (nSPS) is 10.5. The molecule has 0 amide bonds. The van der Waals surface area contributed by atoms with Gasteiger partial charge in [0.25, 0.3) is 0 Å². The first-order valence-electron chi connectivity index (χ1n) is 8.21. The lowest BCUT2D eigenvalue weighted by Gasteiger charge is -2.09. The number of ether oxygens (including phenoxy) is 3. The van der Waals surface area contributed by atoms with Gasteiger partial charge in [-0.1, -0.05) is 6.07 Å². The highest BCUT2D eigenvalue weighted by molar-refractivity contribution is 7.16. The number of nitrogens with zero attached hydrogens (tertiary/aromatic N) is 1. The molecule has 0 aliphatic heterocycles. The molecule has 1 aromatic heterocycles. The highest BCUT2D eigenvalue weighted by atomic mass is 32.1. The van der Waals surface area contributed by atoms with Gasteiger partial charge in [-0.2, -0.15) is 0 Å². The summed E-state index contributed by atoms with van der Waals surface area (Å²) in [6.07, 6.45) is 0. The summed E-state index contributed by atoms with van der Waals surface area (Å²) in [7, 11) is 4.94. The Bertz CT molecular complexity index is 875. The molecule has 0 fully saturated rings. The number of aromatic nitrogens is 1. The van der Waals surface area contributed by atoms with E-state index in [1.165, 1.54) is 4.88 Å². The van der Waals surface area contributed by atoms with Gasteiger partial charge in [-0.25, -0.2) is 4.98 Å². The Hall–Kier alpha value is -2.73. The third-order valence-electron chi connectivity index (χ3n) is 4.05. The van der Waals surface area contributed by atoms with Crippen molar-refractivity contribution in [3.63, 3.8) is 0 Å². The Morgan fingerprint density at radius 3 is 2.31 bits per heavy atom. The predicted molar refractivity (Wildman–Crippen MR) is 106 cm³/mol. The molecule has 0 radical (unpaired) electrons. The molecule has 6 heteroatoms. The number of benzene rings is 2. The van der Waals surface area contributed by atoms with Gasteiger partial charge in [0.1, 0.15) is 5.75 Å². The molecule has 26 heavy (non-hydrogen) atoms. The molecular formula is C20H22N2O3S. The van der Waals surface area contributed by atoms with Gasteiger partial charge in [-0.3, -0.25) is 0 Å². The molecule has 0 aliphatic carbocycles. The van der Waals surface area contributed by atoms with E-state index in [0.717, 1.165) is 39.2 Å². The van der Waals surface area contributed by atoms with Crippen LogP contribution in [0.1, 0.15) is 10.4 Å². The summed E-state index contributed by atoms with van der Waals surface area (Å²) in [6.45, 7) is 2.74. The first-order valence-corrected chi connectivity index (χ1v) is 9.03. The van der Waals surface area contributed by atoms with Crippen molar-refractivity contribution in [2.75, 3.05) is 26.6 Å². The van der Waals surface area contributed by atoms with Gasteiger partial charge in [0.05, 0.1) is 27.0 Å². The Labute approximate surface area is 157 Å².